The zero-order chi connectivity index (χ0) is 30.1. The lowest BCUT2D eigenvalue weighted by Crippen LogP contribution is -2.56. The van der Waals surface area contributed by atoms with Crippen LogP contribution in [-0.4, -0.2) is 42.5 Å². The van der Waals surface area contributed by atoms with Crippen LogP contribution in [0.1, 0.15) is 47.1 Å². The molecule has 3 N–H and O–H groups in total. The first-order valence-corrected chi connectivity index (χ1v) is 13.6. The third kappa shape index (κ3) is 6.12. The molecule has 3 aromatic carbocycles. The summed E-state index contributed by atoms with van der Waals surface area (Å²) in [5.74, 6) is -4.24. The number of ketones is 1. The number of methoxy groups -OCH3 is 2. The predicted molar refractivity (Wildman–Crippen MR) is 159 cm³/mol. The molecule has 1 aliphatic carbocycles. The number of ether oxygens (including phenoxy) is 2. The summed E-state index contributed by atoms with van der Waals surface area (Å²) < 4.78 is 11.1. The Labute approximate surface area is 241 Å². The highest BCUT2D eigenvalue weighted by molar-refractivity contribution is 6.11. The number of aliphatic hydroxyl groups is 1. The van der Waals surface area contributed by atoms with Gasteiger partial charge < -0.3 is 25.2 Å². The van der Waals surface area contributed by atoms with E-state index in [1.165, 1.54) is 21.1 Å². The molecule has 0 radical (unpaired) electrons. The van der Waals surface area contributed by atoms with Gasteiger partial charge in [-0.3, -0.25) is 14.4 Å². The molecule has 4 unspecified atom stereocenters. The Balaban J connectivity index is 1.86. The van der Waals surface area contributed by atoms with Gasteiger partial charge in [0.15, 0.2) is 0 Å². The summed E-state index contributed by atoms with van der Waals surface area (Å²) >= 11 is 0. The van der Waals surface area contributed by atoms with Crippen molar-refractivity contribution in [1.29, 1.82) is 0 Å². The molecule has 1 fully saturated rings. The van der Waals surface area contributed by atoms with Gasteiger partial charge in [-0.2, -0.15) is 0 Å². The van der Waals surface area contributed by atoms with Gasteiger partial charge in [0.1, 0.15) is 23.2 Å². The van der Waals surface area contributed by atoms with Gasteiger partial charge in [0.2, 0.25) is 11.8 Å². The molecule has 1 saturated carbocycles. The number of hydrogen-bond donors (Lipinski definition) is 3. The van der Waals surface area contributed by atoms with E-state index in [-0.39, 0.29) is 6.42 Å². The van der Waals surface area contributed by atoms with Crippen molar-refractivity contribution in [3.05, 3.63) is 82.4 Å². The maximum atomic E-state index is 14.1. The van der Waals surface area contributed by atoms with Crippen LogP contribution in [0.15, 0.2) is 54.6 Å². The normalized spacial score (nSPS) is 22.1. The fourth-order valence-electron chi connectivity index (χ4n) is 5.89. The van der Waals surface area contributed by atoms with Crippen molar-refractivity contribution in [3.8, 4) is 11.5 Å². The number of benzene rings is 3. The van der Waals surface area contributed by atoms with Crippen molar-refractivity contribution in [2.45, 2.75) is 52.6 Å². The first-order valence-electron chi connectivity index (χ1n) is 13.6. The smallest absolute Gasteiger partial charge is 0.235 e. The molecule has 4 atom stereocenters. The largest absolute Gasteiger partial charge is 0.497 e. The van der Waals surface area contributed by atoms with Crippen LogP contribution < -0.4 is 20.1 Å². The van der Waals surface area contributed by atoms with Crippen LogP contribution in [-0.2, 0) is 14.4 Å². The molecule has 0 bridgehead atoms. The molecule has 2 amide bonds. The second-order valence-corrected chi connectivity index (χ2v) is 11.2. The number of hydrogen-bond acceptors (Lipinski definition) is 6. The summed E-state index contributed by atoms with van der Waals surface area (Å²) in [4.78, 5) is 41.8. The number of anilines is 2. The molecule has 0 heterocycles. The Kier molecular flexibility index (Phi) is 8.54. The fourth-order valence-corrected chi connectivity index (χ4v) is 5.89. The van der Waals surface area contributed by atoms with E-state index in [1.807, 2.05) is 52.0 Å². The molecular weight excluding hydrogens is 520 g/mol. The summed E-state index contributed by atoms with van der Waals surface area (Å²) in [6.07, 6.45) is -0.369. The lowest BCUT2D eigenvalue weighted by molar-refractivity contribution is -0.150. The molecule has 4 rings (SSSR count). The first-order chi connectivity index (χ1) is 19.4. The van der Waals surface area contributed by atoms with Crippen LogP contribution in [0.2, 0.25) is 0 Å². The number of rotatable bonds is 7. The Morgan fingerprint density at radius 3 is 1.90 bits per heavy atom. The maximum Gasteiger partial charge on any atom is 0.235 e. The van der Waals surface area contributed by atoms with E-state index in [4.69, 9.17) is 9.47 Å². The molecule has 0 spiro atoms. The molecule has 0 saturated heterocycles. The zero-order valence-electron chi connectivity index (χ0n) is 24.6. The molecule has 8 nitrogen and oxygen atoms in total. The van der Waals surface area contributed by atoms with E-state index in [0.717, 1.165) is 22.3 Å². The molecule has 216 valence electrons. The second-order valence-electron chi connectivity index (χ2n) is 11.2. The minimum Gasteiger partial charge on any atom is -0.497 e. The van der Waals surface area contributed by atoms with Crippen LogP contribution in [0.4, 0.5) is 11.4 Å². The number of Topliss-reactive ketones (excluding diaryl/α,β-unsaturated/α-hetero) is 1. The SMILES string of the molecule is COc1ccc(OC)c(C2C(C(=O)Nc3ccc(C)cc3C)C(=O)CC(C)(O)C2C(=O)Nc2ccc(C)cc2C)c1. The van der Waals surface area contributed by atoms with E-state index in [1.54, 1.807) is 30.3 Å². The van der Waals surface area contributed by atoms with Gasteiger partial charge in [-0.05, 0) is 76.1 Å². The van der Waals surface area contributed by atoms with E-state index >= 15 is 0 Å². The Morgan fingerprint density at radius 1 is 0.829 bits per heavy atom. The van der Waals surface area contributed by atoms with Crippen molar-refractivity contribution >= 4 is 29.0 Å². The van der Waals surface area contributed by atoms with Crippen LogP contribution in [0.3, 0.4) is 0 Å². The van der Waals surface area contributed by atoms with E-state index in [9.17, 15) is 19.5 Å². The summed E-state index contributed by atoms with van der Waals surface area (Å²) in [5, 5.41) is 17.5. The second kappa shape index (κ2) is 11.7. The van der Waals surface area contributed by atoms with Gasteiger partial charge in [0.05, 0.1) is 25.7 Å². The number of amides is 2. The van der Waals surface area contributed by atoms with Gasteiger partial charge >= 0.3 is 0 Å². The average molecular weight is 559 g/mol. The van der Waals surface area contributed by atoms with Gasteiger partial charge in [-0.1, -0.05) is 35.4 Å². The van der Waals surface area contributed by atoms with Crippen LogP contribution in [0.5, 0.6) is 11.5 Å². The minimum absolute atomic E-state index is 0.369. The maximum absolute atomic E-state index is 14.1. The van der Waals surface area contributed by atoms with Gasteiger partial charge in [-0.15, -0.1) is 0 Å². The van der Waals surface area contributed by atoms with E-state index < -0.39 is 41.0 Å². The first kappa shape index (κ1) is 29.8. The zero-order valence-corrected chi connectivity index (χ0v) is 24.6. The summed E-state index contributed by atoms with van der Waals surface area (Å²) in [5.41, 5.74) is 3.58. The van der Waals surface area contributed by atoms with Crippen LogP contribution in [0.25, 0.3) is 0 Å². The number of nitrogens with one attached hydrogen (secondary N) is 2. The quantitative estimate of drug-likeness (QED) is 0.341. The lowest BCUT2D eigenvalue weighted by Gasteiger charge is -2.44. The summed E-state index contributed by atoms with van der Waals surface area (Å²) in [6, 6.07) is 16.3. The molecular formula is C33H38N2O6. The van der Waals surface area contributed by atoms with Gasteiger partial charge in [-0.25, -0.2) is 0 Å². The highest BCUT2D eigenvalue weighted by Crippen LogP contribution is 2.49. The van der Waals surface area contributed by atoms with Crippen molar-refractivity contribution in [2.24, 2.45) is 11.8 Å². The topological polar surface area (TPSA) is 114 Å². The van der Waals surface area contributed by atoms with Crippen LogP contribution in [0, 0.1) is 39.5 Å². The third-order valence-corrected chi connectivity index (χ3v) is 7.91. The molecule has 3 aromatic rings. The number of carbonyl (C=O) groups is 3. The molecule has 0 aliphatic heterocycles. The lowest BCUT2D eigenvalue weighted by atomic mass is 9.61. The van der Waals surface area contributed by atoms with Crippen LogP contribution >= 0.6 is 0 Å². The van der Waals surface area contributed by atoms with Gasteiger partial charge in [0, 0.05) is 29.3 Å². The summed E-state index contributed by atoms with van der Waals surface area (Å²) in [6.45, 7) is 9.14. The Bertz CT molecular complexity index is 1500. The standard InChI is InChI=1S/C33H38N2O6/c1-18-8-11-24(20(3)14-18)34-31(37)29-26(36)17-33(5,39)30(32(38)35-25-12-9-19(2)15-21(25)4)28(29)23-16-22(40-6)10-13-27(23)41-7/h8-16,28-30,39H,17H2,1-7H3,(H,34,37)(H,35,38). The van der Waals surface area contributed by atoms with E-state index in [0.29, 0.717) is 28.4 Å². The monoisotopic (exact) mass is 558 g/mol. The molecule has 41 heavy (non-hydrogen) atoms. The van der Waals surface area contributed by atoms with Gasteiger partial charge in [0.25, 0.3) is 0 Å². The predicted octanol–water partition coefficient (Wildman–Crippen LogP) is 5.25. The minimum atomic E-state index is -1.75. The average Bonchev–Trinajstić information content (AvgIpc) is 2.90. The van der Waals surface area contributed by atoms with Crippen molar-refractivity contribution < 1.29 is 29.0 Å². The highest BCUT2D eigenvalue weighted by atomic mass is 16.5. The number of aryl methyl sites for hydroxylation is 4. The van der Waals surface area contributed by atoms with Crippen molar-refractivity contribution in [1.82, 2.24) is 0 Å². The molecule has 1 aliphatic rings. The van der Waals surface area contributed by atoms with Crippen molar-refractivity contribution in [2.75, 3.05) is 24.9 Å². The van der Waals surface area contributed by atoms with Crippen molar-refractivity contribution in [3.63, 3.8) is 0 Å². The Hall–Kier alpha value is -4.17. The highest BCUT2D eigenvalue weighted by Gasteiger charge is 2.56. The fraction of sp³-hybridized carbons (Fsp3) is 0.364. The Morgan fingerprint density at radius 2 is 1.39 bits per heavy atom. The number of carbonyl (C=O) groups excluding carboxylic acids is 3. The molecule has 0 aromatic heterocycles. The third-order valence-electron chi connectivity index (χ3n) is 7.91. The summed E-state index contributed by atoms with van der Waals surface area (Å²) in [7, 11) is 2.98. The van der Waals surface area contributed by atoms with E-state index in [2.05, 4.69) is 10.6 Å². The molecule has 8 heteroatoms.